The van der Waals surface area contributed by atoms with E-state index in [1.807, 2.05) is 68.4 Å². The van der Waals surface area contributed by atoms with Gasteiger partial charge in [-0.25, -0.2) is 9.97 Å². The van der Waals surface area contributed by atoms with Crippen molar-refractivity contribution in [3.05, 3.63) is 95.3 Å². The van der Waals surface area contributed by atoms with Gasteiger partial charge in [-0.3, -0.25) is 9.59 Å². The van der Waals surface area contributed by atoms with Crippen LogP contribution in [0, 0.1) is 13.8 Å². The number of hydrogen-bond donors (Lipinski definition) is 1. The third kappa shape index (κ3) is 7.95. The van der Waals surface area contributed by atoms with Crippen molar-refractivity contribution in [3.8, 4) is 17.2 Å². The van der Waals surface area contributed by atoms with Crippen molar-refractivity contribution < 1.29 is 28.5 Å². The number of methoxy groups -OCH3 is 1. The number of ether oxygens (including phenoxy) is 4. The fraction of sp³-hybridized carbons (Fsp3) is 0.314. The van der Waals surface area contributed by atoms with Gasteiger partial charge in [0.2, 0.25) is 12.7 Å². The molecule has 3 heterocycles. The lowest BCUT2D eigenvalue weighted by Crippen LogP contribution is -2.41. The van der Waals surface area contributed by atoms with Gasteiger partial charge in [-0.05, 0) is 79.6 Å². The number of anilines is 2. The van der Waals surface area contributed by atoms with Crippen LogP contribution in [-0.2, 0) is 20.9 Å². The molecule has 0 spiro atoms. The minimum atomic E-state index is -1.00. The number of rotatable bonds is 11. The molecule has 6 rings (SSSR count). The zero-order valence-corrected chi connectivity index (χ0v) is 27.4. The average molecular weight is 656 g/mol. The number of fused-ring (bicyclic) bond motifs is 1. The van der Waals surface area contributed by atoms with E-state index in [9.17, 15) is 9.59 Å². The van der Waals surface area contributed by atoms with Crippen molar-refractivity contribution in [3.63, 3.8) is 0 Å². The lowest BCUT2D eigenvalue weighted by molar-refractivity contribution is -0.137. The zero-order chi connectivity index (χ0) is 32.8. The summed E-state index contributed by atoms with van der Waals surface area (Å²) in [5, 5.41) is 3.57. The topological polar surface area (TPSA) is 115 Å². The van der Waals surface area contributed by atoms with Crippen LogP contribution in [0.5, 0.6) is 17.2 Å². The number of nitrogens with one attached hydrogen (secondary N) is 1. The van der Waals surface area contributed by atoms with E-state index < -0.39 is 6.04 Å². The minimum absolute atomic E-state index is 0.0294. The van der Waals surface area contributed by atoms with E-state index >= 15 is 0 Å². The molecule has 4 aromatic rings. The van der Waals surface area contributed by atoms with Crippen LogP contribution in [0.2, 0.25) is 0 Å². The van der Waals surface area contributed by atoms with Crippen LogP contribution in [0.15, 0.2) is 78.0 Å². The average Bonchev–Trinajstić information content (AvgIpc) is 3.56. The number of benzene rings is 3. The van der Waals surface area contributed by atoms with E-state index in [1.165, 1.54) is 11.8 Å². The summed E-state index contributed by atoms with van der Waals surface area (Å²) in [5.41, 5.74) is 4.74. The third-order valence-electron chi connectivity index (χ3n) is 7.90. The van der Waals surface area contributed by atoms with Crippen LogP contribution >= 0.6 is 11.8 Å². The molecular formula is C35H37N5O6S. The first-order valence-electron chi connectivity index (χ1n) is 15.4. The van der Waals surface area contributed by atoms with Crippen molar-refractivity contribution in [1.82, 2.24) is 14.9 Å². The first-order valence-corrected chi connectivity index (χ1v) is 16.4. The fourth-order valence-corrected chi connectivity index (χ4v) is 6.40. The molecule has 1 atom stereocenters. The van der Waals surface area contributed by atoms with Crippen LogP contribution in [-0.4, -0.2) is 72.6 Å². The normalized spacial score (nSPS) is 14.4. The van der Waals surface area contributed by atoms with E-state index in [4.69, 9.17) is 18.9 Å². The van der Waals surface area contributed by atoms with Gasteiger partial charge in [0, 0.05) is 42.4 Å². The zero-order valence-electron chi connectivity index (χ0n) is 26.6. The van der Waals surface area contributed by atoms with E-state index in [0.717, 1.165) is 35.7 Å². The largest absolute Gasteiger partial charge is 0.497 e. The molecule has 0 saturated carbocycles. The second-order valence-corrected chi connectivity index (χ2v) is 12.2. The summed E-state index contributed by atoms with van der Waals surface area (Å²) < 4.78 is 22.0. The minimum Gasteiger partial charge on any atom is -0.497 e. The number of aromatic nitrogens is 2. The third-order valence-corrected chi connectivity index (χ3v) is 8.73. The maximum atomic E-state index is 14.3. The first-order chi connectivity index (χ1) is 22.9. The van der Waals surface area contributed by atoms with Gasteiger partial charge in [-0.15, -0.1) is 0 Å². The smallest absolute Gasteiger partial charge is 0.251 e. The standard InChI is InChI=1S/C35H37N5O6S/c1-23-18-24(2)37-35(36-23)47-21-32(41)40(20-25-4-11-29(43-3)12-5-25)33(26-6-13-30-31(19-26)46-22-45-30)34(42)38-27-7-9-28(10-8-27)39-14-16-44-17-15-39/h4-13,18-19,33H,14-17,20-22H2,1-3H3,(H,38,42). The van der Waals surface area contributed by atoms with Crippen molar-refractivity contribution in [2.45, 2.75) is 31.6 Å². The molecule has 1 saturated heterocycles. The maximum Gasteiger partial charge on any atom is 0.251 e. The molecule has 0 radical (unpaired) electrons. The molecule has 0 bridgehead atoms. The summed E-state index contributed by atoms with van der Waals surface area (Å²) in [7, 11) is 1.60. The van der Waals surface area contributed by atoms with Crippen molar-refractivity contribution in [1.29, 1.82) is 0 Å². The van der Waals surface area contributed by atoms with Gasteiger partial charge in [0.1, 0.15) is 11.8 Å². The Morgan fingerprint density at radius 2 is 1.64 bits per heavy atom. The molecule has 1 N–H and O–H groups in total. The van der Waals surface area contributed by atoms with Crippen molar-refractivity contribution in [2.24, 2.45) is 0 Å². The van der Waals surface area contributed by atoms with Crippen LogP contribution in [0.25, 0.3) is 0 Å². The number of aryl methyl sites for hydroxylation is 2. The fourth-order valence-electron chi connectivity index (χ4n) is 5.56. The summed E-state index contributed by atoms with van der Waals surface area (Å²) >= 11 is 1.24. The number of morpholine rings is 1. The Balaban J connectivity index is 1.32. The van der Waals surface area contributed by atoms with E-state index in [2.05, 4.69) is 20.2 Å². The Labute approximate surface area is 278 Å². The molecular weight excluding hydrogens is 618 g/mol. The number of amides is 2. The van der Waals surface area contributed by atoms with Gasteiger partial charge < -0.3 is 34.1 Å². The highest BCUT2D eigenvalue weighted by Gasteiger charge is 2.33. The van der Waals surface area contributed by atoms with Crippen molar-refractivity contribution >= 4 is 35.0 Å². The van der Waals surface area contributed by atoms with Crippen LogP contribution < -0.4 is 24.4 Å². The van der Waals surface area contributed by atoms with Gasteiger partial charge in [0.05, 0.1) is 26.1 Å². The predicted molar refractivity (Wildman–Crippen MR) is 179 cm³/mol. The summed E-state index contributed by atoms with van der Waals surface area (Å²) in [5.74, 6) is 1.21. The summed E-state index contributed by atoms with van der Waals surface area (Å²) in [6, 6.07) is 21.4. The molecule has 12 heteroatoms. The summed E-state index contributed by atoms with van der Waals surface area (Å²) in [6.45, 7) is 7.03. The quantitative estimate of drug-likeness (QED) is 0.172. The molecule has 1 fully saturated rings. The van der Waals surface area contributed by atoms with Crippen molar-refractivity contribution in [2.75, 3.05) is 56.2 Å². The first kappa shape index (κ1) is 32.1. The molecule has 47 heavy (non-hydrogen) atoms. The van der Waals surface area contributed by atoms with Crippen LogP contribution in [0.3, 0.4) is 0 Å². The molecule has 2 aliphatic rings. The van der Waals surface area contributed by atoms with Gasteiger partial charge in [-0.2, -0.15) is 0 Å². The Morgan fingerprint density at radius 1 is 0.936 bits per heavy atom. The maximum absolute atomic E-state index is 14.3. The molecule has 2 aliphatic heterocycles. The van der Waals surface area contributed by atoms with Crippen LogP contribution in [0.4, 0.5) is 11.4 Å². The van der Waals surface area contributed by atoms with Gasteiger partial charge >= 0.3 is 0 Å². The van der Waals surface area contributed by atoms with E-state index in [-0.39, 0.29) is 30.9 Å². The molecule has 2 amide bonds. The Kier molecular flexibility index (Phi) is 10.1. The summed E-state index contributed by atoms with van der Waals surface area (Å²) in [6.07, 6.45) is 0. The highest BCUT2D eigenvalue weighted by atomic mass is 32.2. The number of nitrogens with zero attached hydrogens (tertiary/aromatic N) is 4. The number of hydrogen-bond acceptors (Lipinski definition) is 10. The molecule has 244 valence electrons. The lowest BCUT2D eigenvalue weighted by Gasteiger charge is -2.32. The number of carbonyl (C=O) groups is 2. The molecule has 3 aromatic carbocycles. The van der Waals surface area contributed by atoms with Crippen LogP contribution in [0.1, 0.15) is 28.6 Å². The number of thioether (sulfide) groups is 1. The monoisotopic (exact) mass is 655 g/mol. The lowest BCUT2D eigenvalue weighted by atomic mass is 10.0. The second-order valence-electron chi connectivity index (χ2n) is 11.2. The van der Waals surface area contributed by atoms with Gasteiger partial charge in [0.25, 0.3) is 5.91 Å². The van der Waals surface area contributed by atoms with E-state index in [0.29, 0.717) is 46.9 Å². The molecule has 11 nitrogen and oxygen atoms in total. The molecule has 1 aromatic heterocycles. The summed E-state index contributed by atoms with van der Waals surface area (Å²) in [4.78, 5) is 41.4. The Bertz CT molecular complexity index is 1690. The second kappa shape index (κ2) is 14.7. The predicted octanol–water partition coefficient (Wildman–Crippen LogP) is 5.17. The Hall–Kier alpha value is -4.81. The number of carbonyl (C=O) groups excluding carboxylic acids is 2. The van der Waals surface area contributed by atoms with Gasteiger partial charge in [0.15, 0.2) is 16.7 Å². The van der Waals surface area contributed by atoms with Gasteiger partial charge in [-0.1, -0.05) is 30.0 Å². The molecule has 0 aliphatic carbocycles. The highest BCUT2D eigenvalue weighted by Crippen LogP contribution is 2.37. The molecule has 1 unspecified atom stereocenters. The Morgan fingerprint density at radius 3 is 2.34 bits per heavy atom. The van der Waals surface area contributed by atoms with E-state index in [1.54, 1.807) is 30.2 Å². The SMILES string of the molecule is COc1ccc(CN(C(=O)CSc2nc(C)cc(C)n2)C(C(=O)Nc2ccc(N3CCOCC3)cc2)c2ccc3c(c2)OCO3)cc1. The highest BCUT2D eigenvalue weighted by molar-refractivity contribution is 7.99.